The third-order valence-corrected chi connectivity index (χ3v) is 7.50. The van der Waals surface area contributed by atoms with Gasteiger partial charge >= 0.3 is 6.18 Å². The van der Waals surface area contributed by atoms with Crippen LogP contribution in [0.15, 0.2) is 79.3 Å². The average Bonchev–Trinajstić information content (AvgIpc) is 3.65. The van der Waals surface area contributed by atoms with Crippen LogP contribution < -0.4 is 0 Å². The Kier molecular flexibility index (Phi) is 7.97. The number of nitrogens with zero attached hydrogens (tertiary/aromatic N) is 5. The first kappa shape index (κ1) is 27.5. The first-order chi connectivity index (χ1) is 19.3. The van der Waals surface area contributed by atoms with Gasteiger partial charge in [-0.1, -0.05) is 68.4 Å². The minimum absolute atomic E-state index is 0.244. The van der Waals surface area contributed by atoms with Crippen LogP contribution in [0.4, 0.5) is 13.2 Å². The van der Waals surface area contributed by atoms with E-state index in [9.17, 15) is 18.0 Å². The molecule has 0 aliphatic carbocycles. The number of carbonyl (C=O) groups is 1. The highest BCUT2D eigenvalue weighted by Crippen LogP contribution is 2.44. The molecule has 0 spiro atoms. The molecular weight excluding hydrogens is 517 g/mol. The minimum atomic E-state index is -4.42. The van der Waals surface area contributed by atoms with E-state index in [1.165, 1.54) is 4.90 Å². The molecule has 2 aromatic heterocycles. The standard InChI is InChI=1S/C30H31F3N6O/c1-3-38(4-2)26(21-9-6-5-7-10-21)29(40)39-19-23(30(31,32)33)17-25(39)28-36-18-24(37-28)20-11-13-22(14-12-20)27-34-15-8-16-35-27/h5-16,18,23,25-26H,3-4,17,19H2,1-2H3,(H,36,37)/t23?,25?,26-/m0/s1. The topological polar surface area (TPSA) is 78.0 Å². The molecule has 3 atom stereocenters. The second kappa shape index (κ2) is 11.6. The first-order valence-corrected chi connectivity index (χ1v) is 13.4. The van der Waals surface area contributed by atoms with Crippen LogP contribution in [0.2, 0.25) is 0 Å². The number of likely N-dealkylation sites (tertiary alicyclic amines) is 1. The lowest BCUT2D eigenvalue weighted by Gasteiger charge is -2.34. The summed E-state index contributed by atoms with van der Waals surface area (Å²) in [6.45, 7) is 4.65. The molecule has 1 fully saturated rings. The Balaban J connectivity index is 1.45. The average molecular weight is 549 g/mol. The maximum atomic E-state index is 14.1. The van der Waals surface area contributed by atoms with E-state index in [0.29, 0.717) is 30.4 Å². The largest absolute Gasteiger partial charge is 0.393 e. The van der Waals surface area contributed by atoms with Crippen molar-refractivity contribution in [3.8, 4) is 22.6 Å². The van der Waals surface area contributed by atoms with Gasteiger partial charge in [-0.05, 0) is 36.7 Å². The number of likely N-dealkylation sites (N-methyl/N-ethyl adjacent to an activating group) is 1. The zero-order chi connectivity index (χ0) is 28.3. The highest BCUT2D eigenvalue weighted by atomic mass is 19.4. The van der Waals surface area contributed by atoms with Crippen molar-refractivity contribution in [1.29, 1.82) is 0 Å². The number of carbonyl (C=O) groups excluding carboxylic acids is 1. The van der Waals surface area contributed by atoms with Gasteiger partial charge in [0.15, 0.2) is 5.82 Å². The number of aromatic amines is 1. The van der Waals surface area contributed by atoms with E-state index in [2.05, 4.69) is 19.9 Å². The van der Waals surface area contributed by atoms with Gasteiger partial charge in [0.05, 0.1) is 23.9 Å². The summed E-state index contributed by atoms with van der Waals surface area (Å²) in [5.41, 5.74) is 3.06. The molecule has 2 aromatic carbocycles. The van der Waals surface area contributed by atoms with Crippen LogP contribution in [0.1, 0.15) is 43.7 Å². The number of aromatic nitrogens is 4. The van der Waals surface area contributed by atoms with Crippen molar-refractivity contribution in [1.82, 2.24) is 29.7 Å². The highest BCUT2D eigenvalue weighted by molar-refractivity contribution is 5.84. The first-order valence-electron chi connectivity index (χ1n) is 13.4. The Morgan fingerprint density at radius 3 is 2.25 bits per heavy atom. The van der Waals surface area contributed by atoms with Gasteiger partial charge in [0.25, 0.3) is 0 Å². The fraction of sp³-hybridized carbons (Fsp3) is 0.333. The monoisotopic (exact) mass is 548 g/mol. The number of benzene rings is 2. The summed E-state index contributed by atoms with van der Waals surface area (Å²) >= 11 is 0. The molecule has 2 unspecified atom stereocenters. The second-order valence-electron chi connectivity index (χ2n) is 9.85. The van der Waals surface area contributed by atoms with Crippen molar-refractivity contribution in [2.24, 2.45) is 5.92 Å². The van der Waals surface area contributed by atoms with Crippen molar-refractivity contribution in [2.45, 2.75) is 38.5 Å². The number of amides is 1. The van der Waals surface area contributed by atoms with E-state index in [1.54, 1.807) is 24.7 Å². The van der Waals surface area contributed by atoms with E-state index >= 15 is 0 Å². The maximum Gasteiger partial charge on any atom is 0.393 e. The summed E-state index contributed by atoms with van der Waals surface area (Å²) in [4.78, 5) is 33.6. The van der Waals surface area contributed by atoms with Gasteiger partial charge in [0.2, 0.25) is 5.91 Å². The van der Waals surface area contributed by atoms with E-state index in [-0.39, 0.29) is 12.3 Å². The van der Waals surface area contributed by atoms with Gasteiger partial charge in [0, 0.05) is 24.5 Å². The number of nitrogens with one attached hydrogen (secondary N) is 1. The van der Waals surface area contributed by atoms with Crippen LogP contribution >= 0.6 is 0 Å². The molecular formula is C30H31F3N6O. The number of imidazole rings is 1. The number of H-pyrrole nitrogens is 1. The van der Waals surface area contributed by atoms with Gasteiger partial charge in [-0.15, -0.1) is 0 Å². The van der Waals surface area contributed by atoms with Crippen LogP contribution in [0.3, 0.4) is 0 Å². The number of hydrogen-bond acceptors (Lipinski definition) is 5. The number of halogens is 3. The molecule has 1 aliphatic heterocycles. The predicted octanol–water partition coefficient (Wildman–Crippen LogP) is 6.07. The smallest absolute Gasteiger partial charge is 0.340 e. The molecule has 0 bridgehead atoms. The molecule has 1 aliphatic rings. The molecule has 0 saturated carbocycles. The number of hydrogen-bond donors (Lipinski definition) is 1. The predicted molar refractivity (Wildman–Crippen MR) is 146 cm³/mol. The van der Waals surface area contributed by atoms with Gasteiger partial charge in [0.1, 0.15) is 11.9 Å². The third-order valence-electron chi connectivity index (χ3n) is 7.50. The number of rotatable bonds is 8. The summed E-state index contributed by atoms with van der Waals surface area (Å²) in [7, 11) is 0. The van der Waals surface area contributed by atoms with Crippen molar-refractivity contribution in [2.75, 3.05) is 19.6 Å². The molecule has 40 heavy (non-hydrogen) atoms. The Morgan fingerprint density at radius 2 is 1.62 bits per heavy atom. The van der Waals surface area contributed by atoms with Crippen molar-refractivity contribution in [3.05, 3.63) is 90.6 Å². The summed E-state index contributed by atoms with van der Waals surface area (Å²) in [5.74, 6) is -1.04. The summed E-state index contributed by atoms with van der Waals surface area (Å²) in [6.07, 6.45) is 0.277. The molecule has 0 radical (unpaired) electrons. The van der Waals surface area contributed by atoms with Gasteiger partial charge in [-0.25, -0.2) is 15.0 Å². The van der Waals surface area contributed by atoms with Crippen LogP contribution in [-0.2, 0) is 4.79 Å². The van der Waals surface area contributed by atoms with Crippen LogP contribution in [-0.4, -0.2) is 61.5 Å². The molecule has 1 N–H and O–H groups in total. The normalized spacial score (nSPS) is 18.3. The van der Waals surface area contributed by atoms with Gasteiger partial charge in [-0.2, -0.15) is 13.2 Å². The van der Waals surface area contributed by atoms with Crippen LogP contribution in [0.5, 0.6) is 0 Å². The molecule has 7 nitrogen and oxygen atoms in total. The van der Waals surface area contributed by atoms with Crippen molar-refractivity contribution < 1.29 is 18.0 Å². The van der Waals surface area contributed by atoms with E-state index in [0.717, 1.165) is 16.7 Å². The molecule has 1 saturated heterocycles. The van der Waals surface area contributed by atoms with Gasteiger partial charge < -0.3 is 9.88 Å². The Labute approximate surface area is 231 Å². The highest BCUT2D eigenvalue weighted by Gasteiger charge is 2.51. The molecule has 1 amide bonds. The lowest BCUT2D eigenvalue weighted by atomic mass is 10.0. The van der Waals surface area contributed by atoms with Crippen molar-refractivity contribution >= 4 is 5.91 Å². The minimum Gasteiger partial charge on any atom is -0.340 e. The van der Waals surface area contributed by atoms with E-state index in [4.69, 9.17) is 0 Å². The third kappa shape index (κ3) is 5.62. The van der Waals surface area contributed by atoms with E-state index in [1.807, 2.05) is 73.3 Å². The fourth-order valence-electron chi connectivity index (χ4n) is 5.37. The lowest BCUT2D eigenvalue weighted by Crippen LogP contribution is -2.43. The molecule has 4 aromatic rings. The Morgan fingerprint density at radius 1 is 0.975 bits per heavy atom. The Hall–Kier alpha value is -4.05. The zero-order valence-corrected chi connectivity index (χ0v) is 22.3. The fourth-order valence-corrected chi connectivity index (χ4v) is 5.37. The Bertz CT molecular complexity index is 1400. The maximum absolute atomic E-state index is 14.1. The molecule has 5 rings (SSSR count). The van der Waals surface area contributed by atoms with E-state index < -0.39 is 30.7 Å². The second-order valence-corrected chi connectivity index (χ2v) is 9.85. The lowest BCUT2D eigenvalue weighted by molar-refractivity contribution is -0.171. The van der Waals surface area contributed by atoms with Gasteiger partial charge in [-0.3, -0.25) is 9.69 Å². The zero-order valence-electron chi connectivity index (χ0n) is 22.3. The van der Waals surface area contributed by atoms with Crippen molar-refractivity contribution in [3.63, 3.8) is 0 Å². The van der Waals surface area contributed by atoms with Crippen LogP contribution in [0, 0.1) is 5.92 Å². The summed E-state index contributed by atoms with van der Waals surface area (Å²) in [5, 5.41) is 0. The quantitative estimate of drug-likeness (QED) is 0.289. The van der Waals surface area contributed by atoms with Crippen LogP contribution in [0.25, 0.3) is 22.6 Å². The summed E-state index contributed by atoms with van der Waals surface area (Å²) < 4.78 is 41.9. The number of alkyl halides is 3. The molecule has 208 valence electrons. The molecule has 10 heteroatoms. The summed E-state index contributed by atoms with van der Waals surface area (Å²) in [6, 6.07) is 17.0. The molecule has 3 heterocycles. The SMILES string of the molecule is CCN(CC)[C@H](C(=O)N1CC(C(F)(F)F)CC1c1ncc(-c2ccc(-c3ncccn3)cc2)[nH]1)c1ccccc1.